The molecule has 2 N–H and O–H groups in total. The molecule has 5 nitrogen and oxygen atoms in total. The lowest BCUT2D eigenvalue weighted by Crippen LogP contribution is -2.36. The quantitative estimate of drug-likeness (QED) is 0.837. The highest BCUT2D eigenvalue weighted by atomic mass is 32.2. The fourth-order valence-electron chi connectivity index (χ4n) is 1.22. The van der Waals surface area contributed by atoms with E-state index in [1.807, 2.05) is 20.1 Å². The summed E-state index contributed by atoms with van der Waals surface area (Å²) in [6, 6.07) is 5.29. The van der Waals surface area contributed by atoms with Crippen LogP contribution in [0.2, 0.25) is 0 Å². The average molecular weight is 303 g/mol. The molecule has 0 heterocycles. The van der Waals surface area contributed by atoms with Crippen LogP contribution in [0.25, 0.3) is 0 Å². The average Bonchev–Trinajstić information content (AvgIpc) is 2.37. The minimum Gasteiger partial charge on any atom is -0.478 e. The maximum absolute atomic E-state index is 12.1. The maximum Gasteiger partial charge on any atom is 0.335 e. The third-order valence-corrected chi connectivity index (χ3v) is 5.28. The van der Waals surface area contributed by atoms with Crippen LogP contribution in [-0.4, -0.2) is 37.0 Å². The molecule has 0 fully saturated rings. The van der Waals surface area contributed by atoms with Gasteiger partial charge in [0.15, 0.2) is 0 Å². The van der Waals surface area contributed by atoms with Crippen LogP contribution in [-0.2, 0) is 10.0 Å². The van der Waals surface area contributed by atoms with Crippen molar-refractivity contribution in [3.63, 3.8) is 0 Å². The molecule has 0 radical (unpaired) electrons. The van der Waals surface area contributed by atoms with Crippen LogP contribution in [0.3, 0.4) is 0 Å². The predicted octanol–water partition coefficient (Wildman–Crippen LogP) is 1.80. The van der Waals surface area contributed by atoms with Crippen molar-refractivity contribution in [1.82, 2.24) is 4.72 Å². The van der Waals surface area contributed by atoms with Crippen LogP contribution < -0.4 is 4.72 Å². The molecule has 0 amide bonds. The Bertz CT molecular complexity index is 567. The molecule has 0 atom stereocenters. The number of hydrogen-bond donors (Lipinski definition) is 2. The standard InChI is InChI=1S/C12H17NO4S2/c1-12(2,18-3)8-13-19(16,17)10-6-4-5-9(7-10)11(14)15/h4-7,13H,8H2,1-3H3,(H,14,15). The van der Waals surface area contributed by atoms with Gasteiger partial charge in [0, 0.05) is 11.3 Å². The molecule has 0 aliphatic rings. The minimum atomic E-state index is -3.69. The van der Waals surface area contributed by atoms with Gasteiger partial charge in [-0.2, -0.15) is 11.8 Å². The molecule has 0 saturated carbocycles. The number of rotatable bonds is 6. The second kappa shape index (κ2) is 5.94. The summed E-state index contributed by atoms with van der Waals surface area (Å²) < 4.78 is 26.4. The van der Waals surface area contributed by atoms with Crippen molar-refractivity contribution >= 4 is 27.8 Å². The third kappa shape index (κ3) is 4.52. The Kier molecular flexibility index (Phi) is 5.00. The van der Waals surface area contributed by atoms with Crippen LogP contribution >= 0.6 is 11.8 Å². The van der Waals surface area contributed by atoms with E-state index in [2.05, 4.69) is 4.72 Å². The second-order valence-electron chi connectivity index (χ2n) is 4.62. The highest BCUT2D eigenvalue weighted by molar-refractivity contribution is 8.00. The van der Waals surface area contributed by atoms with Crippen molar-refractivity contribution in [1.29, 1.82) is 0 Å². The predicted molar refractivity (Wildman–Crippen MR) is 76.2 cm³/mol. The molecule has 1 aromatic carbocycles. The molecule has 0 aliphatic carbocycles. The number of thioether (sulfide) groups is 1. The number of sulfonamides is 1. The molecule has 0 bridgehead atoms. The van der Waals surface area contributed by atoms with E-state index in [1.54, 1.807) is 11.8 Å². The van der Waals surface area contributed by atoms with Crippen molar-refractivity contribution in [3.05, 3.63) is 29.8 Å². The van der Waals surface area contributed by atoms with E-state index in [4.69, 9.17) is 5.11 Å². The van der Waals surface area contributed by atoms with Crippen LogP contribution in [0.5, 0.6) is 0 Å². The van der Waals surface area contributed by atoms with Crippen molar-refractivity contribution in [2.75, 3.05) is 12.8 Å². The summed E-state index contributed by atoms with van der Waals surface area (Å²) in [4.78, 5) is 10.8. The second-order valence-corrected chi connectivity index (χ2v) is 7.90. The summed E-state index contributed by atoms with van der Waals surface area (Å²) in [5.74, 6) is -1.15. The SMILES string of the molecule is CSC(C)(C)CNS(=O)(=O)c1cccc(C(=O)O)c1. The Hall–Kier alpha value is -1.05. The van der Waals surface area contributed by atoms with Gasteiger partial charge in [0.2, 0.25) is 10.0 Å². The number of aromatic carboxylic acids is 1. The lowest BCUT2D eigenvalue weighted by molar-refractivity contribution is 0.0696. The Balaban J connectivity index is 2.95. The first-order chi connectivity index (χ1) is 8.68. The largest absolute Gasteiger partial charge is 0.478 e. The van der Waals surface area contributed by atoms with Gasteiger partial charge in [0.05, 0.1) is 10.5 Å². The zero-order valence-corrected chi connectivity index (χ0v) is 12.6. The van der Waals surface area contributed by atoms with Gasteiger partial charge in [-0.05, 0) is 38.3 Å². The fourth-order valence-corrected chi connectivity index (χ4v) is 2.79. The van der Waals surface area contributed by atoms with Gasteiger partial charge in [-0.1, -0.05) is 6.07 Å². The van der Waals surface area contributed by atoms with Gasteiger partial charge in [-0.15, -0.1) is 0 Å². The number of carbonyl (C=O) groups is 1. The topological polar surface area (TPSA) is 83.5 Å². The molecule has 1 rings (SSSR count). The van der Waals surface area contributed by atoms with Gasteiger partial charge < -0.3 is 5.11 Å². The summed E-state index contributed by atoms with van der Waals surface area (Å²) in [6.45, 7) is 4.12. The molecule has 7 heteroatoms. The van der Waals surface area contributed by atoms with Crippen LogP contribution in [0.4, 0.5) is 0 Å². The Labute approximate surface area is 117 Å². The van der Waals surface area contributed by atoms with Gasteiger partial charge in [-0.25, -0.2) is 17.9 Å². The number of nitrogens with one attached hydrogen (secondary N) is 1. The number of benzene rings is 1. The van der Waals surface area contributed by atoms with E-state index in [9.17, 15) is 13.2 Å². The first-order valence-corrected chi connectivity index (χ1v) is 8.27. The Morgan fingerprint density at radius 3 is 2.58 bits per heavy atom. The van der Waals surface area contributed by atoms with Crippen molar-refractivity contribution in [2.24, 2.45) is 0 Å². The van der Waals surface area contributed by atoms with E-state index < -0.39 is 16.0 Å². The van der Waals surface area contributed by atoms with E-state index >= 15 is 0 Å². The van der Waals surface area contributed by atoms with Crippen molar-refractivity contribution in [2.45, 2.75) is 23.5 Å². The number of carboxylic acids is 1. The zero-order chi connectivity index (χ0) is 14.7. The molecule has 0 aliphatic heterocycles. The summed E-state index contributed by atoms with van der Waals surface area (Å²) in [7, 11) is -3.69. The van der Waals surface area contributed by atoms with E-state index in [1.165, 1.54) is 18.2 Å². The lowest BCUT2D eigenvalue weighted by atomic mass is 10.2. The van der Waals surface area contributed by atoms with Crippen molar-refractivity contribution < 1.29 is 18.3 Å². The van der Waals surface area contributed by atoms with Gasteiger partial charge in [0.1, 0.15) is 0 Å². The number of hydrogen-bond acceptors (Lipinski definition) is 4. The minimum absolute atomic E-state index is 0.0377. The molecule has 0 saturated heterocycles. The van der Waals surface area contributed by atoms with Gasteiger partial charge in [0.25, 0.3) is 0 Å². The van der Waals surface area contributed by atoms with E-state index in [0.29, 0.717) is 0 Å². The van der Waals surface area contributed by atoms with Gasteiger partial charge >= 0.3 is 5.97 Å². The van der Waals surface area contributed by atoms with E-state index in [0.717, 1.165) is 6.07 Å². The third-order valence-electron chi connectivity index (χ3n) is 2.63. The first kappa shape index (κ1) is 16.0. The fraction of sp³-hybridized carbons (Fsp3) is 0.417. The molecule has 1 aromatic rings. The molecule has 0 unspecified atom stereocenters. The molecular weight excluding hydrogens is 286 g/mol. The van der Waals surface area contributed by atoms with Crippen LogP contribution in [0.1, 0.15) is 24.2 Å². The number of carboxylic acid groups (broad SMARTS) is 1. The summed E-state index contributed by atoms with van der Waals surface area (Å²) >= 11 is 1.55. The van der Waals surface area contributed by atoms with Crippen molar-refractivity contribution in [3.8, 4) is 0 Å². The molecule has 0 aromatic heterocycles. The summed E-state index contributed by atoms with van der Waals surface area (Å²) in [6.07, 6.45) is 1.90. The maximum atomic E-state index is 12.1. The summed E-state index contributed by atoms with van der Waals surface area (Å²) in [5.41, 5.74) is -0.0491. The molecule has 0 spiro atoms. The van der Waals surface area contributed by atoms with Crippen LogP contribution in [0, 0.1) is 0 Å². The Morgan fingerprint density at radius 2 is 2.05 bits per heavy atom. The highest BCUT2D eigenvalue weighted by Gasteiger charge is 2.21. The van der Waals surface area contributed by atoms with E-state index in [-0.39, 0.29) is 21.8 Å². The Morgan fingerprint density at radius 1 is 1.42 bits per heavy atom. The monoisotopic (exact) mass is 303 g/mol. The highest BCUT2D eigenvalue weighted by Crippen LogP contribution is 2.21. The molecular formula is C12H17NO4S2. The zero-order valence-electron chi connectivity index (χ0n) is 11.0. The summed E-state index contributed by atoms with van der Waals surface area (Å²) in [5, 5.41) is 8.85. The van der Waals surface area contributed by atoms with Crippen LogP contribution in [0.15, 0.2) is 29.2 Å². The lowest BCUT2D eigenvalue weighted by Gasteiger charge is -2.22. The smallest absolute Gasteiger partial charge is 0.335 e. The molecule has 19 heavy (non-hydrogen) atoms. The van der Waals surface area contributed by atoms with Gasteiger partial charge in [-0.3, -0.25) is 0 Å². The normalized spacial score (nSPS) is 12.4. The molecule has 106 valence electrons. The first-order valence-electron chi connectivity index (χ1n) is 5.56.